The maximum atomic E-state index is 11.9. The molecule has 1 saturated heterocycles. The minimum absolute atomic E-state index is 0.0931. The summed E-state index contributed by atoms with van der Waals surface area (Å²) in [6.45, 7) is 2.25. The van der Waals surface area contributed by atoms with Crippen molar-refractivity contribution in [2.45, 2.75) is 61.6 Å². The molecule has 4 heteroatoms. The molecule has 24 heavy (non-hydrogen) atoms. The Hall–Kier alpha value is -1.10. The van der Waals surface area contributed by atoms with Gasteiger partial charge >= 0.3 is 0 Å². The van der Waals surface area contributed by atoms with Crippen molar-refractivity contribution in [2.24, 2.45) is 11.7 Å². The van der Waals surface area contributed by atoms with Gasteiger partial charge < -0.3 is 15.6 Å². The molecule has 2 saturated carbocycles. The highest BCUT2D eigenvalue weighted by Crippen LogP contribution is 2.60. The van der Waals surface area contributed by atoms with E-state index in [0.29, 0.717) is 0 Å². The van der Waals surface area contributed by atoms with E-state index < -0.39 is 5.60 Å². The fourth-order valence-electron chi connectivity index (χ4n) is 6.00. The summed E-state index contributed by atoms with van der Waals surface area (Å²) in [5.41, 5.74) is 8.24. The zero-order valence-corrected chi connectivity index (χ0v) is 14.5. The second-order valence-corrected chi connectivity index (χ2v) is 8.61. The van der Waals surface area contributed by atoms with E-state index >= 15 is 0 Å². The minimum atomic E-state index is -0.682. The molecule has 0 aromatic heterocycles. The predicted octanol–water partition coefficient (Wildman–Crippen LogP) is 1.83. The number of hydrogen-bond donors (Lipinski definition) is 2. The average Bonchev–Trinajstić information content (AvgIpc) is 3.31. The molecule has 4 atom stereocenters. The Labute approximate surface area is 144 Å². The van der Waals surface area contributed by atoms with Crippen molar-refractivity contribution in [3.8, 4) is 5.75 Å². The maximum absolute atomic E-state index is 11.9. The molecule has 4 aliphatic rings. The number of fused-ring (bicyclic) bond motifs is 1. The number of nitrogens with zero attached hydrogens (tertiary/aromatic N) is 1. The van der Waals surface area contributed by atoms with E-state index in [-0.39, 0.29) is 17.5 Å². The zero-order valence-electron chi connectivity index (χ0n) is 14.5. The Kier molecular flexibility index (Phi) is 3.14. The van der Waals surface area contributed by atoms with Gasteiger partial charge in [-0.2, -0.15) is 0 Å². The molecular weight excluding hydrogens is 300 g/mol. The first-order valence-corrected chi connectivity index (χ1v) is 9.45. The minimum Gasteiger partial charge on any atom is -0.497 e. The number of nitrogens with two attached hydrogens (primary N) is 1. The normalized spacial score (nSPS) is 41.0. The highest BCUT2D eigenvalue weighted by Gasteiger charge is 2.66. The Morgan fingerprint density at radius 2 is 2.17 bits per heavy atom. The second-order valence-electron chi connectivity index (χ2n) is 8.61. The van der Waals surface area contributed by atoms with Crippen LogP contribution in [-0.4, -0.2) is 47.9 Å². The molecule has 4 unspecified atom stereocenters. The van der Waals surface area contributed by atoms with Crippen LogP contribution in [0.5, 0.6) is 5.75 Å². The SMILES string of the molecule is COc1ccc2c(c1)C13CCN(CC4CC4)C(C2)C1(O)CC(N)C3. The van der Waals surface area contributed by atoms with Gasteiger partial charge in [-0.3, -0.25) is 4.90 Å². The van der Waals surface area contributed by atoms with E-state index in [4.69, 9.17) is 10.5 Å². The van der Waals surface area contributed by atoms with Gasteiger partial charge in [0.05, 0.1) is 12.7 Å². The first-order chi connectivity index (χ1) is 11.6. The number of aliphatic hydroxyl groups is 1. The van der Waals surface area contributed by atoms with Gasteiger partial charge in [0, 0.05) is 24.0 Å². The Bertz CT molecular complexity index is 674. The molecule has 0 spiro atoms. The first-order valence-electron chi connectivity index (χ1n) is 9.45. The van der Waals surface area contributed by atoms with E-state index in [1.807, 2.05) is 0 Å². The molecule has 130 valence electrons. The predicted molar refractivity (Wildman–Crippen MR) is 93.2 cm³/mol. The third-order valence-corrected chi connectivity index (χ3v) is 7.27. The fraction of sp³-hybridized carbons (Fsp3) is 0.700. The summed E-state index contributed by atoms with van der Waals surface area (Å²) in [6.07, 6.45) is 6.31. The first kappa shape index (κ1) is 15.2. The number of likely N-dealkylation sites (tertiary alicyclic amines) is 1. The van der Waals surface area contributed by atoms with Gasteiger partial charge in [0.25, 0.3) is 0 Å². The van der Waals surface area contributed by atoms with Gasteiger partial charge in [-0.05, 0) is 74.2 Å². The van der Waals surface area contributed by atoms with E-state index in [1.165, 1.54) is 24.0 Å². The van der Waals surface area contributed by atoms with Crippen LogP contribution in [0.1, 0.15) is 43.2 Å². The van der Waals surface area contributed by atoms with Crippen molar-refractivity contribution < 1.29 is 9.84 Å². The smallest absolute Gasteiger partial charge is 0.119 e. The summed E-state index contributed by atoms with van der Waals surface area (Å²) in [7, 11) is 1.72. The average molecular weight is 328 g/mol. The number of benzene rings is 1. The number of methoxy groups -OCH3 is 1. The topological polar surface area (TPSA) is 58.7 Å². The summed E-state index contributed by atoms with van der Waals surface area (Å²) < 4.78 is 5.48. The van der Waals surface area contributed by atoms with Crippen molar-refractivity contribution in [2.75, 3.05) is 20.2 Å². The molecule has 1 aliphatic heterocycles. The molecule has 0 amide bonds. The molecule has 3 aliphatic carbocycles. The van der Waals surface area contributed by atoms with Crippen LogP contribution in [0, 0.1) is 5.92 Å². The van der Waals surface area contributed by atoms with Crippen LogP contribution in [-0.2, 0) is 11.8 Å². The van der Waals surface area contributed by atoms with Gasteiger partial charge in [-0.15, -0.1) is 0 Å². The molecule has 4 nitrogen and oxygen atoms in total. The molecule has 1 aromatic rings. The van der Waals surface area contributed by atoms with Gasteiger partial charge in [-0.1, -0.05) is 6.07 Å². The molecule has 0 radical (unpaired) electrons. The van der Waals surface area contributed by atoms with Crippen LogP contribution in [0.3, 0.4) is 0 Å². The monoisotopic (exact) mass is 328 g/mol. The van der Waals surface area contributed by atoms with Crippen molar-refractivity contribution in [3.63, 3.8) is 0 Å². The van der Waals surface area contributed by atoms with Crippen molar-refractivity contribution in [3.05, 3.63) is 29.3 Å². The number of piperidine rings is 1. The van der Waals surface area contributed by atoms with Crippen LogP contribution in [0.25, 0.3) is 0 Å². The van der Waals surface area contributed by atoms with E-state index in [0.717, 1.165) is 50.4 Å². The Morgan fingerprint density at radius 1 is 1.33 bits per heavy atom. The molecule has 1 aromatic carbocycles. The fourth-order valence-corrected chi connectivity index (χ4v) is 6.00. The largest absolute Gasteiger partial charge is 0.497 e. The quantitative estimate of drug-likeness (QED) is 0.889. The van der Waals surface area contributed by atoms with Gasteiger partial charge in [0.2, 0.25) is 0 Å². The van der Waals surface area contributed by atoms with Crippen LogP contribution in [0.2, 0.25) is 0 Å². The maximum Gasteiger partial charge on any atom is 0.119 e. The lowest BCUT2D eigenvalue weighted by Crippen LogP contribution is -2.69. The lowest BCUT2D eigenvalue weighted by Gasteiger charge is -2.59. The molecular formula is C20H28N2O2. The lowest BCUT2D eigenvalue weighted by atomic mass is 9.56. The van der Waals surface area contributed by atoms with Crippen molar-refractivity contribution in [1.29, 1.82) is 0 Å². The summed E-state index contributed by atoms with van der Waals surface area (Å²) >= 11 is 0. The van der Waals surface area contributed by atoms with Crippen molar-refractivity contribution >= 4 is 0 Å². The number of ether oxygens (including phenoxy) is 1. The van der Waals surface area contributed by atoms with Gasteiger partial charge in [0.15, 0.2) is 0 Å². The molecule has 3 fully saturated rings. The van der Waals surface area contributed by atoms with Crippen LogP contribution >= 0.6 is 0 Å². The summed E-state index contributed by atoms with van der Waals surface area (Å²) in [4.78, 5) is 2.58. The number of hydrogen-bond acceptors (Lipinski definition) is 4. The van der Waals surface area contributed by atoms with E-state index in [1.54, 1.807) is 7.11 Å². The van der Waals surface area contributed by atoms with Crippen LogP contribution < -0.4 is 10.5 Å². The van der Waals surface area contributed by atoms with E-state index in [9.17, 15) is 5.11 Å². The highest BCUT2D eigenvalue weighted by atomic mass is 16.5. The molecule has 2 bridgehead atoms. The number of rotatable bonds is 3. The Morgan fingerprint density at radius 3 is 2.92 bits per heavy atom. The Balaban J connectivity index is 1.63. The van der Waals surface area contributed by atoms with Crippen molar-refractivity contribution in [1.82, 2.24) is 4.90 Å². The second kappa shape index (κ2) is 4.96. The van der Waals surface area contributed by atoms with E-state index in [2.05, 4.69) is 23.1 Å². The zero-order chi connectivity index (χ0) is 16.5. The van der Waals surface area contributed by atoms with Crippen LogP contribution in [0.4, 0.5) is 0 Å². The van der Waals surface area contributed by atoms with Gasteiger partial charge in [0.1, 0.15) is 5.75 Å². The highest BCUT2D eigenvalue weighted by molar-refractivity contribution is 5.49. The summed E-state index contributed by atoms with van der Waals surface area (Å²) in [5.74, 6) is 1.75. The lowest BCUT2D eigenvalue weighted by molar-refractivity contribution is -0.131. The van der Waals surface area contributed by atoms with Crippen LogP contribution in [0.15, 0.2) is 18.2 Å². The molecule has 3 N–H and O–H groups in total. The van der Waals surface area contributed by atoms with Gasteiger partial charge in [-0.25, -0.2) is 0 Å². The standard InChI is InChI=1S/C20H28N2O2/c1-24-16-5-4-14-8-18-20(23)11-15(21)10-19(20,17(14)9-16)6-7-22(18)12-13-2-3-13/h4-5,9,13,15,18,23H,2-3,6-8,10-12,21H2,1H3. The third-order valence-electron chi connectivity index (χ3n) is 7.27. The molecule has 5 rings (SSSR count). The summed E-state index contributed by atoms with van der Waals surface area (Å²) in [5, 5.41) is 11.9. The summed E-state index contributed by atoms with van der Waals surface area (Å²) in [6, 6.07) is 6.77. The third kappa shape index (κ3) is 1.91. The molecule has 1 heterocycles.